The van der Waals surface area contributed by atoms with Gasteiger partial charge < -0.3 is 10.3 Å². The van der Waals surface area contributed by atoms with E-state index in [0.29, 0.717) is 18.5 Å². The van der Waals surface area contributed by atoms with Crippen molar-refractivity contribution in [2.24, 2.45) is 0 Å². The number of fused-ring (bicyclic) bond motifs is 1. The molecule has 0 radical (unpaired) electrons. The minimum absolute atomic E-state index is 0.273. The molecule has 0 spiro atoms. The lowest BCUT2D eigenvalue weighted by Gasteiger charge is -2.07. The largest absolute Gasteiger partial charge is 0.399 e. The van der Waals surface area contributed by atoms with Gasteiger partial charge in [-0.3, -0.25) is 0 Å². The smallest absolute Gasteiger partial charge is 0.125 e. The minimum Gasteiger partial charge on any atom is -0.399 e. The number of rotatable bonds is 4. The van der Waals surface area contributed by atoms with Crippen molar-refractivity contribution in [1.29, 1.82) is 0 Å². The first-order chi connectivity index (χ1) is 10.2. The minimum atomic E-state index is -0.273. The van der Waals surface area contributed by atoms with Crippen LogP contribution >= 0.6 is 0 Å². The Morgan fingerprint density at radius 2 is 1.95 bits per heavy atom. The molecule has 0 amide bonds. The van der Waals surface area contributed by atoms with Gasteiger partial charge in [-0.1, -0.05) is 18.2 Å². The summed E-state index contributed by atoms with van der Waals surface area (Å²) in [6, 6.07) is 12.4. The van der Waals surface area contributed by atoms with Crippen LogP contribution in [0.5, 0.6) is 0 Å². The quantitative estimate of drug-likeness (QED) is 0.587. The zero-order valence-corrected chi connectivity index (χ0v) is 11.6. The summed E-state index contributed by atoms with van der Waals surface area (Å²) in [4.78, 5) is 4.55. The van der Waals surface area contributed by atoms with Gasteiger partial charge in [-0.05, 0) is 29.8 Å². The summed E-state index contributed by atoms with van der Waals surface area (Å²) < 4.78 is 15.4. The fourth-order valence-electron chi connectivity index (χ4n) is 2.44. The van der Waals surface area contributed by atoms with E-state index in [9.17, 15) is 4.39 Å². The standard InChI is InChI=1S/C17H16FN3/c1-2-9-21-16-8-5-13(18)11-15(16)20-17(21)10-12-3-6-14(19)7-4-12/h2-8,11H,1,9-10,19H2. The SMILES string of the molecule is C=CCn1c(Cc2ccc(N)cc2)nc2cc(F)ccc21. The first-order valence-electron chi connectivity index (χ1n) is 6.77. The Hall–Kier alpha value is -2.62. The lowest BCUT2D eigenvalue weighted by Crippen LogP contribution is -2.03. The molecule has 3 nitrogen and oxygen atoms in total. The summed E-state index contributed by atoms with van der Waals surface area (Å²) in [5.74, 6) is 0.616. The molecular weight excluding hydrogens is 265 g/mol. The second-order valence-electron chi connectivity index (χ2n) is 4.98. The molecule has 0 saturated heterocycles. The number of imidazole rings is 1. The van der Waals surface area contributed by atoms with E-state index < -0.39 is 0 Å². The second-order valence-corrected chi connectivity index (χ2v) is 4.98. The van der Waals surface area contributed by atoms with Crippen molar-refractivity contribution in [3.05, 3.63) is 72.3 Å². The normalized spacial score (nSPS) is 10.9. The summed E-state index contributed by atoms with van der Waals surface area (Å²) in [6.07, 6.45) is 2.49. The molecule has 3 rings (SSSR count). The van der Waals surface area contributed by atoms with Crippen LogP contribution in [-0.4, -0.2) is 9.55 Å². The van der Waals surface area contributed by atoms with Crippen LogP contribution in [-0.2, 0) is 13.0 Å². The molecule has 2 aromatic carbocycles. The summed E-state index contributed by atoms with van der Waals surface area (Å²) in [7, 11) is 0. The number of nitrogen functional groups attached to an aromatic ring is 1. The lowest BCUT2D eigenvalue weighted by molar-refractivity contribution is 0.629. The van der Waals surface area contributed by atoms with E-state index in [-0.39, 0.29) is 5.82 Å². The van der Waals surface area contributed by atoms with Crippen molar-refractivity contribution < 1.29 is 4.39 Å². The van der Waals surface area contributed by atoms with Gasteiger partial charge in [0.25, 0.3) is 0 Å². The first kappa shape index (κ1) is 13.4. The van der Waals surface area contributed by atoms with E-state index in [2.05, 4.69) is 16.1 Å². The fourth-order valence-corrected chi connectivity index (χ4v) is 2.44. The Kier molecular flexibility index (Phi) is 3.44. The highest BCUT2D eigenvalue weighted by molar-refractivity contribution is 5.76. The highest BCUT2D eigenvalue weighted by Gasteiger charge is 2.11. The van der Waals surface area contributed by atoms with Gasteiger partial charge in [0.2, 0.25) is 0 Å². The summed E-state index contributed by atoms with van der Waals surface area (Å²) in [5, 5.41) is 0. The monoisotopic (exact) mass is 281 g/mol. The number of nitrogens with zero attached hydrogens (tertiary/aromatic N) is 2. The molecule has 0 aliphatic rings. The third-order valence-electron chi connectivity index (χ3n) is 3.44. The van der Waals surface area contributed by atoms with E-state index in [1.807, 2.05) is 30.3 Å². The molecule has 0 aliphatic heterocycles. The van der Waals surface area contributed by atoms with Crippen LogP contribution in [0.15, 0.2) is 55.1 Å². The summed E-state index contributed by atoms with van der Waals surface area (Å²) in [5.41, 5.74) is 9.14. The highest BCUT2D eigenvalue weighted by atomic mass is 19.1. The summed E-state index contributed by atoms with van der Waals surface area (Å²) >= 11 is 0. The van der Waals surface area contributed by atoms with Gasteiger partial charge in [-0.15, -0.1) is 6.58 Å². The molecule has 4 heteroatoms. The molecule has 1 aromatic heterocycles. The van der Waals surface area contributed by atoms with Crippen molar-refractivity contribution in [2.45, 2.75) is 13.0 Å². The number of anilines is 1. The van der Waals surface area contributed by atoms with Gasteiger partial charge in [0.15, 0.2) is 0 Å². The molecule has 1 heterocycles. The Balaban J connectivity index is 2.05. The van der Waals surface area contributed by atoms with E-state index >= 15 is 0 Å². The predicted molar refractivity (Wildman–Crippen MR) is 83.5 cm³/mol. The third kappa shape index (κ3) is 2.65. The van der Waals surface area contributed by atoms with Gasteiger partial charge >= 0.3 is 0 Å². The number of benzene rings is 2. The van der Waals surface area contributed by atoms with Crippen molar-refractivity contribution in [3.8, 4) is 0 Å². The van der Waals surface area contributed by atoms with Crippen LogP contribution in [0.2, 0.25) is 0 Å². The van der Waals surface area contributed by atoms with Crippen LogP contribution in [0.3, 0.4) is 0 Å². The zero-order chi connectivity index (χ0) is 14.8. The molecule has 0 saturated carbocycles. The maximum atomic E-state index is 13.4. The molecule has 0 atom stereocenters. The topological polar surface area (TPSA) is 43.8 Å². The number of aromatic nitrogens is 2. The molecule has 106 valence electrons. The number of nitrogens with two attached hydrogens (primary N) is 1. The van der Waals surface area contributed by atoms with Crippen molar-refractivity contribution >= 4 is 16.7 Å². The van der Waals surface area contributed by atoms with Crippen LogP contribution in [0.4, 0.5) is 10.1 Å². The molecule has 0 unspecified atom stereocenters. The van der Waals surface area contributed by atoms with Crippen LogP contribution < -0.4 is 5.73 Å². The molecule has 3 aromatic rings. The van der Waals surface area contributed by atoms with Crippen molar-refractivity contribution in [2.75, 3.05) is 5.73 Å². The molecular formula is C17H16FN3. The Morgan fingerprint density at radius 3 is 2.67 bits per heavy atom. The average molecular weight is 281 g/mol. The van der Waals surface area contributed by atoms with Gasteiger partial charge in [-0.2, -0.15) is 0 Å². The van der Waals surface area contributed by atoms with E-state index in [4.69, 9.17) is 5.73 Å². The highest BCUT2D eigenvalue weighted by Crippen LogP contribution is 2.20. The molecule has 2 N–H and O–H groups in total. The lowest BCUT2D eigenvalue weighted by atomic mass is 10.1. The van der Waals surface area contributed by atoms with Crippen LogP contribution in [0.1, 0.15) is 11.4 Å². The zero-order valence-electron chi connectivity index (χ0n) is 11.6. The molecule has 0 fully saturated rings. The molecule has 0 bridgehead atoms. The number of halogens is 1. The fraction of sp³-hybridized carbons (Fsp3) is 0.118. The van der Waals surface area contributed by atoms with Crippen molar-refractivity contribution in [1.82, 2.24) is 9.55 Å². The van der Waals surface area contributed by atoms with E-state index in [1.165, 1.54) is 12.1 Å². The van der Waals surface area contributed by atoms with Crippen LogP contribution in [0.25, 0.3) is 11.0 Å². The van der Waals surface area contributed by atoms with Gasteiger partial charge in [0.05, 0.1) is 11.0 Å². The molecule has 0 aliphatic carbocycles. The number of hydrogen-bond acceptors (Lipinski definition) is 2. The Labute approximate surface area is 122 Å². The second kappa shape index (κ2) is 5.40. The number of hydrogen-bond donors (Lipinski definition) is 1. The first-order valence-corrected chi connectivity index (χ1v) is 6.77. The predicted octanol–water partition coefficient (Wildman–Crippen LogP) is 3.53. The Morgan fingerprint density at radius 1 is 1.19 bits per heavy atom. The van der Waals surface area contributed by atoms with Crippen LogP contribution in [0, 0.1) is 5.82 Å². The summed E-state index contributed by atoms with van der Waals surface area (Å²) in [6.45, 7) is 4.43. The maximum absolute atomic E-state index is 13.4. The number of allylic oxidation sites excluding steroid dienone is 1. The van der Waals surface area contributed by atoms with E-state index in [0.717, 1.165) is 22.6 Å². The average Bonchev–Trinajstić information content (AvgIpc) is 2.79. The van der Waals surface area contributed by atoms with E-state index in [1.54, 1.807) is 6.07 Å². The van der Waals surface area contributed by atoms with Gasteiger partial charge in [-0.25, -0.2) is 9.37 Å². The Bertz CT molecular complexity index is 788. The van der Waals surface area contributed by atoms with Gasteiger partial charge in [0.1, 0.15) is 11.6 Å². The van der Waals surface area contributed by atoms with Gasteiger partial charge in [0, 0.05) is 24.7 Å². The maximum Gasteiger partial charge on any atom is 0.125 e. The molecule has 21 heavy (non-hydrogen) atoms. The third-order valence-corrected chi connectivity index (χ3v) is 3.44. The van der Waals surface area contributed by atoms with Crippen molar-refractivity contribution in [3.63, 3.8) is 0 Å².